The number of benzene rings is 1. The van der Waals surface area contributed by atoms with Crippen molar-refractivity contribution in [3.05, 3.63) is 53.9 Å². The van der Waals surface area contributed by atoms with Crippen molar-refractivity contribution in [2.45, 2.75) is 131 Å². The van der Waals surface area contributed by atoms with Crippen LogP contribution < -0.4 is 14.2 Å². The van der Waals surface area contributed by atoms with Crippen LogP contribution in [-0.4, -0.2) is 12.5 Å². The lowest BCUT2D eigenvalue weighted by Gasteiger charge is -2.23. The summed E-state index contributed by atoms with van der Waals surface area (Å²) in [6, 6.07) is 10.3. The number of rotatable bonds is 20. The molecule has 0 aliphatic rings. The van der Waals surface area contributed by atoms with Crippen molar-refractivity contribution >= 4 is 11.6 Å². The maximum Gasteiger partial charge on any atom is 0.224 e. The van der Waals surface area contributed by atoms with Gasteiger partial charge in [0.25, 0.3) is 0 Å². The second-order valence-corrected chi connectivity index (χ2v) is 10.5. The molecule has 0 radical (unpaired) electrons. The normalized spacial score (nSPS) is 11.0. The van der Waals surface area contributed by atoms with E-state index < -0.39 is 0 Å². The van der Waals surface area contributed by atoms with Gasteiger partial charge in [-0.25, -0.2) is 4.57 Å². The van der Waals surface area contributed by atoms with E-state index in [9.17, 15) is 4.79 Å². The Bertz CT molecular complexity index is 878. The molecule has 2 aromatic rings. The zero-order chi connectivity index (χ0) is 26.7. The number of anilines is 1. The number of carbonyl (C=O) groups excluding carboxylic acids is 1. The Labute approximate surface area is 227 Å². The van der Waals surface area contributed by atoms with Gasteiger partial charge in [-0.05, 0) is 49.6 Å². The highest BCUT2D eigenvalue weighted by Crippen LogP contribution is 2.27. The van der Waals surface area contributed by atoms with E-state index in [4.69, 9.17) is 4.74 Å². The molecule has 1 heterocycles. The molecule has 0 bridgehead atoms. The molecule has 0 saturated heterocycles. The van der Waals surface area contributed by atoms with Crippen LogP contribution in [0.4, 0.5) is 5.69 Å². The second-order valence-electron chi connectivity index (χ2n) is 10.5. The van der Waals surface area contributed by atoms with Crippen molar-refractivity contribution < 1.29 is 14.1 Å². The molecule has 1 amide bonds. The van der Waals surface area contributed by atoms with E-state index in [0.29, 0.717) is 6.54 Å². The van der Waals surface area contributed by atoms with Crippen molar-refractivity contribution in [2.75, 3.05) is 11.5 Å². The zero-order valence-corrected chi connectivity index (χ0v) is 24.3. The largest absolute Gasteiger partial charge is 0.494 e. The van der Waals surface area contributed by atoms with E-state index in [1.165, 1.54) is 83.5 Å². The maximum absolute atomic E-state index is 12.4. The molecule has 0 fully saturated rings. The quantitative estimate of drug-likeness (QED) is 0.132. The summed E-state index contributed by atoms with van der Waals surface area (Å²) in [6.45, 7) is 10.4. The molecule has 2 rings (SSSR count). The maximum atomic E-state index is 12.4. The summed E-state index contributed by atoms with van der Waals surface area (Å²) in [4.78, 5) is 14.3. The Kier molecular flexibility index (Phi) is 15.7. The molecule has 206 valence electrons. The average molecular weight is 510 g/mol. The van der Waals surface area contributed by atoms with E-state index >= 15 is 0 Å². The van der Waals surface area contributed by atoms with Crippen LogP contribution in [0.25, 0.3) is 0 Å². The molecule has 1 aromatic carbocycles. The van der Waals surface area contributed by atoms with Gasteiger partial charge in [-0.15, -0.1) is 0 Å². The van der Waals surface area contributed by atoms with Gasteiger partial charge < -0.3 is 9.64 Å². The van der Waals surface area contributed by atoms with E-state index in [2.05, 4.69) is 55.9 Å². The van der Waals surface area contributed by atoms with Crippen LogP contribution in [-0.2, 0) is 17.9 Å². The summed E-state index contributed by atoms with van der Waals surface area (Å²) >= 11 is 0. The Morgan fingerprint density at radius 1 is 0.784 bits per heavy atom. The highest BCUT2D eigenvalue weighted by molar-refractivity contribution is 5.92. The van der Waals surface area contributed by atoms with Crippen LogP contribution >= 0.6 is 0 Å². The van der Waals surface area contributed by atoms with E-state index in [1.54, 1.807) is 6.92 Å². The number of unbranched alkanes of at least 4 members (excludes halogenated alkanes) is 13. The summed E-state index contributed by atoms with van der Waals surface area (Å²) in [5.74, 6) is 0.939. The van der Waals surface area contributed by atoms with Crippen LogP contribution in [0, 0.1) is 6.92 Å². The molecule has 0 unspecified atom stereocenters. The number of nitrogens with zero attached hydrogens (tertiary/aromatic N) is 2. The number of aromatic nitrogens is 1. The third kappa shape index (κ3) is 12.6. The van der Waals surface area contributed by atoms with Crippen LogP contribution in [0.3, 0.4) is 0 Å². The second kappa shape index (κ2) is 18.8. The summed E-state index contributed by atoms with van der Waals surface area (Å²) in [5.41, 5.74) is 3.13. The zero-order valence-electron chi connectivity index (χ0n) is 24.3. The minimum absolute atomic E-state index is 0.0476. The number of ether oxygens (including phenoxy) is 1. The van der Waals surface area contributed by atoms with Gasteiger partial charge in [-0.2, -0.15) is 0 Å². The fraction of sp³-hybridized carbons (Fsp3) is 0.636. The first-order chi connectivity index (χ1) is 18.0. The first-order valence-electron chi connectivity index (χ1n) is 15.0. The Hall–Kier alpha value is -2.36. The molecule has 4 nitrogen and oxygen atoms in total. The van der Waals surface area contributed by atoms with E-state index in [1.807, 2.05) is 17.0 Å². The predicted octanol–water partition coefficient (Wildman–Crippen LogP) is 8.72. The van der Waals surface area contributed by atoms with Crippen molar-refractivity contribution in [1.29, 1.82) is 0 Å². The highest BCUT2D eigenvalue weighted by atomic mass is 16.5. The molecule has 0 atom stereocenters. The predicted molar refractivity (Wildman–Crippen MR) is 156 cm³/mol. The summed E-state index contributed by atoms with van der Waals surface area (Å²) in [5, 5.41) is 0. The van der Waals surface area contributed by atoms with E-state index in [0.717, 1.165) is 42.1 Å². The van der Waals surface area contributed by atoms with Crippen molar-refractivity contribution in [2.24, 2.45) is 0 Å². The Morgan fingerprint density at radius 2 is 1.32 bits per heavy atom. The number of aryl methyl sites for hydroxylation is 2. The standard InChI is InChI=1S/C33H53N2O2/c1-5-7-8-9-10-11-12-13-14-15-16-17-18-19-26-37-32-20-21-33(29(3)27-32)35(30(4)36)28-31-22-24-34(6-2)25-23-31/h20-25,27H,5-19,26,28H2,1-4H3/q+1. The fourth-order valence-electron chi connectivity index (χ4n) is 4.86. The minimum Gasteiger partial charge on any atom is -0.494 e. The van der Waals surface area contributed by atoms with Gasteiger partial charge in [0, 0.05) is 24.7 Å². The first-order valence-corrected chi connectivity index (χ1v) is 15.0. The minimum atomic E-state index is 0.0476. The molecule has 0 N–H and O–H groups in total. The summed E-state index contributed by atoms with van der Waals surface area (Å²) in [7, 11) is 0. The van der Waals surface area contributed by atoms with E-state index in [-0.39, 0.29) is 5.91 Å². The number of carbonyl (C=O) groups is 1. The Balaban J connectivity index is 1.61. The number of hydrogen-bond acceptors (Lipinski definition) is 2. The third-order valence-corrected chi connectivity index (χ3v) is 7.27. The SMILES string of the molecule is CCCCCCCCCCCCCCCCOc1ccc(N(Cc2cc[n+](CC)cc2)C(C)=O)c(C)c1. The van der Waals surface area contributed by atoms with Crippen LogP contribution in [0.1, 0.15) is 122 Å². The lowest BCUT2D eigenvalue weighted by Crippen LogP contribution is -2.32. The van der Waals surface area contributed by atoms with Gasteiger partial charge in [0.2, 0.25) is 5.91 Å². The van der Waals surface area contributed by atoms with Crippen LogP contribution in [0.15, 0.2) is 42.7 Å². The molecule has 0 aliphatic heterocycles. The molecule has 1 aromatic heterocycles. The summed E-state index contributed by atoms with van der Waals surface area (Å²) < 4.78 is 8.15. The van der Waals surface area contributed by atoms with Gasteiger partial charge in [0.15, 0.2) is 12.4 Å². The molecular weight excluding hydrogens is 456 g/mol. The lowest BCUT2D eigenvalue weighted by atomic mass is 10.0. The van der Waals surface area contributed by atoms with Crippen molar-refractivity contribution in [3.8, 4) is 5.75 Å². The third-order valence-electron chi connectivity index (χ3n) is 7.27. The lowest BCUT2D eigenvalue weighted by molar-refractivity contribution is -0.693. The van der Waals surface area contributed by atoms with Gasteiger partial charge in [-0.3, -0.25) is 4.79 Å². The van der Waals surface area contributed by atoms with Crippen LogP contribution in [0.2, 0.25) is 0 Å². The topological polar surface area (TPSA) is 33.4 Å². The number of hydrogen-bond donors (Lipinski definition) is 0. The molecule has 4 heteroatoms. The van der Waals surface area contributed by atoms with Crippen molar-refractivity contribution in [3.63, 3.8) is 0 Å². The average Bonchev–Trinajstić information content (AvgIpc) is 2.90. The van der Waals surface area contributed by atoms with Gasteiger partial charge in [0.1, 0.15) is 12.3 Å². The highest BCUT2D eigenvalue weighted by Gasteiger charge is 2.15. The molecule has 37 heavy (non-hydrogen) atoms. The molecule has 0 aliphatic carbocycles. The molecule has 0 spiro atoms. The first kappa shape index (κ1) is 30.9. The monoisotopic (exact) mass is 509 g/mol. The molecular formula is C33H53N2O2+. The molecule has 0 saturated carbocycles. The van der Waals surface area contributed by atoms with Gasteiger partial charge in [-0.1, -0.05) is 90.4 Å². The van der Waals surface area contributed by atoms with Gasteiger partial charge >= 0.3 is 0 Å². The van der Waals surface area contributed by atoms with Crippen LogP contribution in [0.5, 0.6) is 5.75 Å². The smallest absolute Gasteiger partial charge is 0.224 e. The number of pyridine rings is 1. The number of amides is 1. The Morgan fingerprint density at radius 3 is 1.81 bits per heavy atom. The van der Waals surface area contributed by atoms with Gasteiger partial charge in [0.05, 0.1) is 13.2 Å². The fourth-order valence-corrected chi connectivity index (χ4v) is 4.86. The summed E-state index contributed by atoms with van der Waals surface area (Å²) in [6.07, 6.45) is 23.2. The van der Waals surface area contributed by atoms with Crippen molar-refractivity contribution in [1.82, 2.24) is 0 Å².